The minimum absolute atomic E-state index is 0.0552. The lowest BCUT2D eigenvalue weighted by Crippen LogP contribution is -2.28. The van der Waals surface area contributed by atoms with Crippen LogP contribution in [-0.4, -0.2) is 21.0 Å². The number of thiazole rings is 1. The molecule has 0 aliphatic carbocycles. The summed E-state index contributed by atoms with van der Waals surface area (Å²) in [6.07, 6.45) is 1.63. The number of amidine groups is 1. The Hall–Kier alpha value is -4.80. The highest BCUT2D eigenvalue weighted by atomic mass is 32.2. The van der Waals surface area contributed by atoms with Gasteiger partial charge in [0.1, 0.15) is 11.5 Å². The van der Waals surface area contributed by atoms with Crippen molar-refractivity contribution in [1.29, 1.82) is 0 Å². The van der Waals surface area contributed by atoms with E-state index < -0.39 is 4.92 Å². The van der Waals surface area contributed by atoms with E-state index >= 15 is 0 Å². The number of carbonyl (C=O) groups excluding carboxylic acids is 1. The summed E-state index contributed by atoms with van der Waals surface area (Å²) in [4.78, 5) is 35.9. The number of nitrogens with zero attached hydrogens (tertiary/aromatic N) is 4. The van der Waals surface area contributed by atoms with Crippen molar-refractivity contribution in [2.24, 2.45) is 4.99 Å². The largest absolute Gasteiger partial charge is 0.456 e. The SMILES string of the molecule is O=C1/C(=C\c2ccc(-c3ccccc3[N+](=O)[O-])o2)S/C(=N/c2nc(-c3ccccc3)cs2)N1c1ccccc1. The zero-order valence-corrected chi connectivity index (χ0v) is 21.8. The lowest BCUT2D eigenvalue weighted by Gasteiger charge is -2.14. The normalized spacial score (nSPS) is 15.4. The highest BCUT2D eigenvalue weighted by Gasteiger charge is 2.35. The van der Waals surface area contributed by atoms with E-state index in [4.69, 9.17) is 9.41 Å². The number of anilines is 1. The lowest BCUT2D eigenvalue weighted by atomic mass is 10.1. The number of carbonyl (C=O) groups is 1. The average molecular weight is 551 g/mol. The molecule has 10 heteroatoms. The highest BCUT2D eigenvalue weighted by Crippen LogP contribution is 2.39. The molecule has 2 aromatic heterocycles. The van der Waals surface area contributed by atoms with Crippen LogP contribution in [0.15, 0.2) is 117 Å². The lowest BCUT2D eigenvalue weighted by molar-refractivity contribution is -0.384. The van der Waals surface area contributed by atoms with Crippen LogP contribution < -0.4 is 4.90 Å². The van der Waals surface area contributed by atoms with Crippen molar-refractivity contribution in [2.75, 3.05) is 4.90 Å². The van der Waals surface area contributed by atoms with E-state index in [9.17, 15) is 14.9 Å². The van der Waals surface area contributed by atoms with E-state index in [2.05, 4.69) is 4.98 Å². The summed E-state index contributed by atoms with van der Waals surface area (Å²) in [5, 5.41) is 14.4. The summed E-state index contributed by atoms with van der Waals surface area (Å²) in [6.45, 7) is 0. The average Bonchev–Trinajstić information content (AvgIpc) is 3.70. The van der Waals surface area contributed by atoms with Crippen molar-refractivity contribution >= 4 is 56.8 Å². The minimum atomic E-state index is -0.450. The molecule has 190 valence electrons. The van der Waals surface area contributed by atoms with E-state index in [0.717, 1.165) is 11.3 Å². The number of aromatic nitrogens is 1. The Morgan fingerprint density at radius 1 is 0.923 bits per heavy atom. The van der Waals surface area contributed by atoms with E-state index in [1.807, 2.05) is 66.0 Å². The Bertz CT molecular complexity index is 1740. The minimum Gasteiger partial charge on any atom is -0.456 e. The fourth-order valence-corrected chi connectivity index (χ4v) is 5.75. The van der Waals surface area contributed by atoms with Gasteiger partial charge in [0.05, 0.1) is 26.8 Å². The molecule has 39 heavy (non-hydrogen) atoms. The predicted octanol–water partition coefficient (Wildman–Crippen LogP) is 7.79. The Labute approximate surface area is 231 Å². The first kappa shape index (κ1) is 24.5. The quantitative estimate of drug-likeness (QED) is 0.121. The summed E-state index contributed by atoms with van der Waals surface area (Å²) in [5.41, 5.74) is 2.79. The molecule has 5 aromatic rings. The van der Waals surface area contributed by atoms with Gasteiger partial charge in [0, 0.05) is 23.1 Å². The monoisotopic (exact) mass is 550 g/mol. The second-order valence-corrected chi connectivity index (χ2v) is 10.2. The zero-order valence-electron chi connectivity index (χ0n) is 20.1. The summed E-state index contributed by atoms with van der Waals surface area (Å²) >= 11 is 2.61. The summed E-state index contributed by atoms with van der Waals surface area (Å²) < 4.78 is 5.90. The smallest absolute Gasteiger partial charge is 0.280 e. The molecule has 1 aliphatic rings. The van der Waals surface area contributed by atoms with Gasteiger partial charge in [0.15, 0.2) is 5.17 Å². The molecule has 0 atom stereocenters. The van der Waals surface area contributed by atoms with Crippen molar-refractivity contribution in [2.45, 2.75) is 0 Å². The summed E-state index contributed by atoms with van der Waals surface area (Å²) in [6, 6.07) is 28.8. The van der Waals surface area contributed by atoms with Gasteiger partial charge >= 0.3 is 0 Å². The number of hydrogen-bond acceptors (Lipinski definition) is 8. The molecule has 8 nitrogen and oxygen atoms in total. The number of aliphatic imine (C=N–C) groups is 1. The standard InChI is InChI=1S/C29H18N4O4S2/c34-27-26(17-21-15-16-25(37-21)22-13-7-8-14-24(22)33(35)36)39-29(32(27)20-11-5-2-6-12-20)31-28-30-23(18-38-28)19-9-3-1-4-10-19/h1-18H/b26-17+,31-29+. The van der Waals surface area contributed by atoms with Gasteiger partial charge in [-0.3, -0.25) is 19.8 Å². The van der Waals surface area contributed by atoms with E-state index in [-0.39, 0.29) is 11.6 Å². The van der Waals surface area contributed by atoms with Gasteiger partial charge < -0.3 is 4.42 Å². The van der Waals surface area contributed by atoms with Crippen molar-refractivity contribution < 1.29 is 14.1 Å². The van der Waals surface area contributed by atoms with E-state index in [0.29, 0.717) is 38.0 Å². The van der Waals surface area contributed by atoms with Crippen LogP contribution in [-0.2, 0) is 4.79 Å². The zero-order chi connectivity index (χ0) is 26.8. The predicted molar refractivity (Wildman–Crippen MR) is 155 cm³/mol. The number of rotatable bonds is 6. The maximum atomic E-state index is 13.6. The van der Waals surface area contributed by atoms with E-state index in [1.165, 1.54) is 29.2 Å². The van der Waals surface area contributed by atoms with Crippen LogP contribution in [0, 0.1) is 10.1 Å². The van der Waals surface area contributed by atoms with Crippen molar-refractivity contribution in [1.82, 2.24) is 4.98 Å². The first-order chi connectivity index (χ1) is 19.1. The second kappa shape index (κ2) is 10.5. The third-order valence-corrected chi connectivity index (χ3v) is 7.54. The Kier molecular flexibility index (Phi) is 6.62. The van der Waals surface area contributed by atoms with Gasteiger partial charge in [-0.2, -0.15) is 4.99 Å². The van der Waals surface area contributed by atoms with Crippen LogP contribution in [0.25, 0.3) is 28.7 Å². The molecule has 3 heterocycles. The fraction of sp³-hybridized carbons (Fsp3) is 0. The van der Waals surface area contributed by atoms with Gasteiger partial charge in [-0.15, -0.1) is 11.3 Å². The number of thioether (sulfide) groups is 1. The van der Waals surface area contributed by atoms with Crippen LogP contribution in [0.3, 0.4) is 0 Å². The number of furan rings is 1. The number of para-hydroxylation sites is 2. The molecular weight excluding hydrogens is 532 g/mol. The number of hydrogen-bond donors (Lipinski definition) is 0. The molecule has 0 N–H and O–H groups in total. The number of amides is 1. The molecule has 0 radical (unpaired) electrons. The van der Waals surface area contributed by atoms with Gasteiger partial charge in [-0.1, -0.05) is 60.7 Å². The molecule has 1 saturated heterocycles. The fourth-order valence-electron chi connectivity index (χ4n) is 4.04. The van der Waals surface area contributed by atoms with Crippen LogP contribution in [0.1, 0.15) is 5.76 Å². The molecule has 0 saturated carbocycles. The third kappa shape index (κ3) is 5.02. The van der Waals surface area contributed by atoms with Gasteiger partial charge in [-0.05, 0) is 42.1 Å². The highest BCUT2D eigenvalue weighted by molar-refractivity contribution is 8.19. The van der Waals surface area contributed by atoms with E-state index in [1.54, 1.807) is 41.3 Å². The molecule has 6 rings (SSSR count). The molecule has 0 spiro atoms. The number of nitro groups is 1. The van der Waals surface area contributed by atoms with Crippen LogP contribution in [0.5, 0.6) is 0 Å². The molecule has 0 unspecified atom stereocenters. The molecular formula is C29H18N4O4S2. The second-order valence-electron chi connectivity index (χ2n) is 8.34. The van der Waals surface area contributed by atoms with Gasteiger partial charge in [0.2, 0.25) is 5.13 Å². The number of nitro benzene ring substituents is 1. The van der Waals surface area contributed by atoms with Gasteiger partial charge in [-0.25, -0.2) is 4.98 Å². The maximum Gasteiger partial charge on any atom is 0.280 e. The molecule has 1 amide bonds. The molecule has 1 fully saturated rings. The maximum absolute atomic E-state index is 13.6. The summed E-state index contributed by atoms with van der Waals surface area (Å²) in [5.74, 6) is 0.483. The summed E-state index contributed by atoms with van der Waals surface area (Å²) in [7, 11) is 0. The Balaban J connectivity index is 1.35. The van der Waals surface area contributed by atoms with Crippen LogP contribution in [0.2, 0.25) is 0 Å². The van der Waals surface area contributed by atoms with Crippen LogP contribution >= 0.6 is 23.1 Å². The first-order valence-electron chi connectivity index (χ1n) is 11.8. The molecule has 1 aliphatic heterocycles. The molecule has 3 aromatic carbocycles. The third-order valence-electron chi connectivity index (χ3n) is 5.84. The topological polar surface area (TPSA) is 102 Å². The van der Waals surface area contributed by atoms with Crippen molar-refractivity contribution in [3.63, 3.8) is 0 Å². The van der Waals surface area contributed by atoms with Crippen LogP contribution in [0.4, 0.5) is 16.5 Å². The first-order valence-corrected chi connectivity index (χ1v) is 13.5. The Morgan fingerprint density at radius 3 is 2.41 bits per heavy atom. The van der Waals surface area contributed by atoms with Gasteiger partial charge in [0.25, 0.3) is 11.6 Å². The number of benzene rings is 3. The molecule has 0 bridgehead atoms. The Morgan fingerprint density at radius 2 is 1.64 bits per heavy atom. The van der Waals surface area contributed by atoms with Crippen molar-refractivity contribution in [3.05, 3.63) is 123 Å². The van der Waals surface area contributed by atoms with Crippen molar-refractivity contribution in [3.8, 4) is 22.6 Å².